The molecular weight excluding hydrogens is 542 g/mol. The normalized spacial score (nSPS) is 30.4. The highest BCUT2D eigenvalue weighted by Gasteiger charge is 2.75. The molecular formula is C27H42BrN3O4S. The lowest BCUT2D eigenvalue weighted by molar-refractivity contribution is -0.144. The topological polar surface area (TPSA) is 81.2 Å². The van der Waals surface area contributed by atoms with Crippen molar-refractivity contribution in [1.29, 1.82) is 0 Å². The van der Waals surface area contributed by atoms with Crippen molar-refractivity contribution in [3.8, 4) is 0 Å². The first kappa shape index (κ1) is 29.2. The average Bonchev–Trinajstić information content (AvgIpc) is 3.44. The molecule has 0 radical (unpaired) electrons. The molecule has 0 aromatic rings. The van der Waals surface area contributed by atoms with E-state index in [1.807, 2.05) is 16.7 Å². The molecule has 3 unspecified atom stereocenters. The second kappa shape index (κ2) is 13.0. The van der Waals surface area contributed by atoms with Gasteiger partial charge in [0.05, 0.1) is 16.6 Å². The Morgan fingerprint density at radius 2 is 1.78 bits per heavy atom. The first-order valence-electron chi connectivity index (χ1n) is 13.3. The summed E-state index contributed by atoms with van der Waals surface area (Å²) in [6, 6.07) is -0.644. The molecule has 3 aliphatic heterocycles. The van der Waals surface area contributed by atoms with E-state index in [-0.39, 0.29) is 34.4 Å². The van der Waals surface area contributed by atoms with Crippen LogP contribution in [0.3, 0.4) is 0 Å². The van der Waals surface area contributed by atoms with Gasteiger partial charge in [-0.05, 0) is 25.7 Å². The Morgan fingerprint density at radius 1 is 1.11 bits per heavy atom. The van der Waals surface area contributed by atoms with Crippen molar-refractivity contribution >= 4 is 45.4 Å². The van der Waals surface area contributed by atoms with Crippen molar-refractivity contribution in [2.75, 3.05) is 39.3 Å². The highest BCUT2D eigenvalue weighted by atomic mass is 79.9. The number of rotatable bonds is 15. The molecule has 3 rings (SSSR count). The van der Waals surface area contributed by atoms with Gasteiger partial charge in [0.15, 0.2) is 0 Å². The third-order valence-electron chi connectivity index (χ3n) is 7.71. The van der Waals surface area contributed by atoms with Gasteiger partial charge in [0.1, 0.15) is 6.04 Å². The van der Waals surface area contributed by atoms with Gasteiger partial charge in [-0.2, -0.15) is 0 Å². The number of halogens is 1. The summed E-state index contributed by atoms with van der Waals surface area (Å²) in [6.07, 6.45) is 8.34. The summed E-state index contributed by atoms with van der Waals surface area (Å²) in [6.45, 7) is 14.2. The maximum absolute atomic E-state index is 14.2. The number of amides is 3. The molecule has 1 N–H and O–H groups in total. The van der Waals surface area contributed by atoms with Gasteiger partial charge >= 0.3 is 0 Å². The van der Waals surface area contributed by atoms with Gasteiger partial charge in [-0.25, -0.2) is 0 Å². The van der Waals surface area contributed by atoms with Gasteiger partial charge in [-0.1, -0.05) is 54.8 Å². The van der Waals surface area contributed by atoms with E-state index in [9.17, 15) is 19.5 Å². The Balaban J connectivity index is 2.01. The number of thioether (sulfide) groups is 1. The zero-order valence-electron chi connectivity index (χ0n) is 21.7. The summed E-state index contributed by atoms with van der Waals surface area (Å²) in [4.78, 5) is 47.5. The minimum absolute atomic E-state index is 0.0141. The van der Waals surface area contributed by atoms with Gasteiger partial charge in [0.25, 0.3) is 0 Å². The molecule has 0 aliphatic carbocycles. The maximum Gasteiger partial charge on any atom is 0.247 e. The van der Waals surface area contributed by atoms with Crippen molar-refractivity contribution in [2.24, 2.45) is 11.8 Å². The number of carbonyl (C=O) groups excluding carboxylic acids is 3. The van der Waals surface area contributed by atoms with Crippen molar-refractivity contribution in [3.63, 3.8) is 0 Å². The zero-order valence-corrected chi connectivity index (χ0v) is 24.1. The SMILES string of the molecule is C=CCN(CCCCC)C(=O)C1N(CCCO)C(=O)[C@@H]2[C@H](C(=O)N(CC=C)CCC)[C@H]3SC12CC3Br. The Bertz CT molecular complexity index is 842. The molecule has 3 aliphatic rings. The molecule has 7 nitrogen and oxygen atoms in total. The number of likely N-dealkylation sites (tertiary alicyclic amines) is 1. The Morgan fingerprint density at radius 3 is 2.36 bits per heavy atom. The summed E-state index contributed by atoms with van der Waals surface area (Å²) < 4.78 is -0.654. The van der Waals surface area contributed by atoms with Gasteiger partial charge in [-0.15, -0.1) is 24.9 Å². The fourth-order valence-electron chi connectivity index (χ4n) is 6.27. The first-order chi connectivity index (χ1) is 17.3. The van der Waals surface area contributed by atoms with Crippen LogP contribution in [-0.4, -0.2) is 97.7 Å². The second-order valence-corrected chi connectivity index (χ2v) is 12.8. The smallest absolute Gasteiger partial charge is 0.247 e. The third-order valence-corrected chi connectivity index (χ3v) is 10.9. The van der Waals surface area contributed by atoms with E-state index in [2.05, 4.69) is 36.0 Å². The zero-order chi connectivity index (χ0) is 26.5. The highest BCUT2D eigenvalue weighted by molar-refractivity contribution is 9.09. The molecule has 0 aromatic carbocycles. The molecule has 0 saturated carbocycles. The number of unbranched alkanes of at least 4 members (excludes halogenated alkanes) is 2. The van der Waals surface area contributed by atoms with Gasteiger partial charge in [0, 0.05) is 49.4 Å². The van der Waals surface area contributed by atoms with Gasteiger partial charge in [0.2, 0.25) is 17.7 Å². The Hall–Kier alpha value is -1.32. The number of hydrogen-bond donors (Lipinski definition) is 1. The van der Waals surface area contributed by atoms with E-state index in [4.69, 9.17) is 0 Å². The van der Waals surface area contributed by atoms with Crippen molar-refractivity contribution in [1.82, 2.24) is 14.7 Å². The highest BCUT2D eigenvalue weighted by Crippen LogP contribution is 2.68. The molecule has 3 amide bonds. The Kier molecular flexibility index (Phi) is 10.5. The molecule has 202 valence electrons. The first-order valence-corrected chi connectivity index (χ1v) is 15.1. The summed E-state index contributed by atoms with van der Waals surface area (Å²) in [5, 5.41) is 9.49. The van der Waals surface area contributed by atoms with Crippen LogP contribution in [0.15, 0.2) is 25.3 Å². The molecule has 3 heterocycles. The summed E-state index contributed by atoms with van der Waals surface area (Å²) in [5.41, 5.74) is 0. The molecule has 3 fully saturated rings. The molecule has 0 aromatic heterocycles. The largest absolute Gasteiger partial charge is 0.396 e. The predicted octanol–water partition coefficient (Wildman–Crippen LogP) is 3.46. The van der Waals surface area contributed by atoms with Crippen LogP contribution in [0.4, 0.5) is 0 Å². The second-order valence-electron chi connectivity index (χ2n) is 10.1. The Labute approximate surface area is 228 Å². The fourth-order valence-corrected chi connectivity index (χ4v) is 9.87. The predicted molar refractivity (Wildman–Crippen MR) is 149 cm³/mol. The van der Waals surface area contributed by atoms with Crippen molar-refractivity contribution in [2.45, 2.75) is 73.2 Å². The quantitative estimate of drug-likeness (QED) is 0.181. The summed E-state index contributed by atoms with van der Waals surface area (Å²) in [5.74, 6) is -1.20. The molecule has 1 spiro atoms. The standard InChI is InChI=1S/C27H42BrN3O4S/c1-5-9-10-15-30(14-8-4)26(35)23-27-18-19(28)22(36-27)20(24(33)29(12-6-2)13-7-3)21(27)25(34)31(23)16-11-17-32/h6,8,19-23,32H,2,4-5,7,9-18H2,1,3H3/t19?,20-,21-,22-,23?,27?/m0/s1. The van der Waals surface area contributed by atoms with Gasteiger partial charge < -0.3 is 19.8 Å². The molecule has 36 heavy (non-hydrogen) atoms. The number of nitrogens with zero attached hydrogens (tertiary/aromatic N) is 3. The van der Waals surface area contributed by atoms with E-state index >= 15 is 0 Å². The van der Waals surface area contributed by atoms with Crippen LogP contribution < -0.4 is 0 Å². The van der Waals surface area contributed by atoms with Crippen LogP contribution >= 0.6 is 27.7 Å². The van der Waals surface area contributed by atoms with E-state index in [0.717, 1.165) is 25.7 Å². The van der Waals surface area contributed by atoms with E-state index in [0.29, 0.717) is 45.6 Å². The summed E-state index contributed by atoms with van der Waals surface area (Å²) in [7, 11) is 0. The maximum atomic E-state index is 14.2. The monoisotopic (exact) mass is 583 g/mol. The van der Waals surface area contributed by atoms with Gasteiger partial charge in [-0.3, -0.25) is 14.4 Å². The van der Waals surface area contributed by atoms with Crippen LogP contribution in [0.1, 0.15) is 52.4 Å². The number of alkyl halides is 1. The van der Waals surface area contributed by atoms with E-state index in [1.165, 1.54) is 0 Å². The van der Waals surface area contributed by atoms with Crippen LogP contribution in [0, 0.1) is 11.8 Å². The minimum Gasteiger partial charge on any atom is -0.396 e. The number of aliphatic hydroxyl groups excluding tert-OH is 1. The molecule has 2 bridgehead atoms. The summed E-state index contributed by atoms with van der Waals surface area (Å²) >= 11 is 5.50. The van der Waals surface area contributed by atoms with Crippen LogP contribution in [0.2, 0.25) is 0 Å². The van der Waals surface area contributed by atoms with Crippen molar-refractivity contribution < 1.29 is 19.5 Å². The lowest BCUT2D eigenvalue weighted by Crippen LogP contribution is -2.56. The lowest BCUT2D eigenvalue weighted by Gasteiger charge is -2.38. The number of aliphatic hydroxyl groups is 1. The van der Waals surface area contributed by atoms with Crippen LogP contribution in [-0.2, 0) is 14.4 Å². The number of carbonyl (C=O) groups is 3. The van der Waals surface area contributed by atoms with E-state index < -0.39 is 22.6 Å². The molecule has 6 atom stereocenters. The average molecular weight is 585 g/mol. The van der Waals surface area contributed by atoms with Crippen molar-refractivity contribution in [3.05, 3.63) is 25.3 Å². The lowest BCUT2D eigenvalue weighted by atomic mass is 9.70. The number of hydrogen-bond acceptors (Lipinski definition) is 5. The molecule has 3 saturated heterocycles. The third kappa shape index (κ3) is 5.30. The fraction of sp³-hybridized carbons (Fsp3) is 0.741. The number of fused-ring (bicyclic) bond motifs is 1. The van der Waals surface area contributed by atoms with E-state index in [1.54, 1.807) is 28.8 Å². The van der Waals surface area contributed by atoms with Crippen LogP contribution in [0.25, 0.3) is 0 Å². The van der Waals surface area contributed by atoms with Crippen LogP contribution in [0.5, 0.6) is 0 Å². The minimum atomic E-state index is -0.654. The molecule has 9 heteroatoms.